The standard InChI is InChI=1S/C26H26FN3O3/c1-18(2)24(29-25(31)20-12-14-22(27)15-13-20)26(32)30-28-16-21-10-6-7-11-23(21)33-17-19-8-4-3-5-9-19/h3-16,18,24H,17H2,1-2H3,(H,29,31)(H,30,32)/b28-16+. The van der Waals surface area contributed by atoms with Crippen molar-refractivity contribution in [2.45, 2.75) is 26.5 Å². The summed E-state index contributed by atoms with van der Waals surface area (Å²) in [5.74, 6) is -0.922. The van der Waals surface area contributed by atoms with Gasteiger partial charge in [-0.15, -0.1) is 0 Å². The smallest absolute Gasteiger partial charge is 0.262 e. The molecule has 7 heteroatoms. The maximum absolute atomic E-state index is 13.1. The number of carbonyl (C=O) groups is 2. The van der Waals surface area contributed by atoms with Crippen molar-refractivity contribution < 1.29 is 18.7 Å². The van der Waals surface area contributed by atoms with Crippen LogP contribution in [0.15, 0.2) is 84.0 Å². The molecule has 0 fully saturated rings. The van der Waals surface area contributed by atoms with Crippen molar-refractivity contribution in [2.75, 3.05) is 0 Å². The Balaban J connectivity index is 1.61. The van der Waals surface area contributed by atoms with E-state index in [0.29, 0.717) is 17.9 Å². The van der Waals surface area contributed by atoms with Gasteiger partial charge in [-0.1, -0.05) is 56.3 Å². The highest BCUT2D eigenvalue weighted by Crippen LogP contribution is 2.17. The van der Waals surface area contributed by atoms with Crippen LogP contribution in [0.1, 0.15) is 35.3 Å². The van der Waals surface area contributed by atoms with Crippen molar-refractivity contribution in [1.29, 1.82) is 0 Å². The average molecular weight is 448 g/mol. The molecule has 2 N–H and O–H groups in total. The number of para-hydroxylation sites is 1. The second kappa shape index (κ2) is 11.6. The van der Waals surface area contributed by atoms with Crippen LogP contribution in [0.4, 0.5) is 4.39 Å². The van der Waals surface area contributed by atoms with Crippen LogP contribution in [0.3, 0.4) is 0 Å². The Bertz CT molecular complexity index is 1100. The van der Waals surface area contributed by atoms with E-state index in [1.54, 1.807) is 0 Å². The first-order chi connectivity index (χ1) is 15.9. The van der Waals surface area contributed by atoms with E-state index in [0.717, 1.165) is 5.56 Å². The van der Waals surface area contributed by atoms with Crippen molar-refractivity contribution in [1.82, 2.24) is 10.7 Å². The molecular formula is C26H26FN3O3. The molecule has 1 atom stereocenters. The number of hydrazone groups is 1. The van der Waals surface area contributed by atoms with Crippen LogP contribution in [0.2, 0.25) is 0 Å². The van der Waals surface area contributed by atoms with Gasteiger partial charge in [-0.2, -0.15) is 5.10 Å². The van der Waals surface area contributed by atoms with E-state index in [1.807, 2.05) is 68.4 Å². The van der Waals surface area contributed by atoms with E-state index in [2.05, 4.69) is 15.8 Å². The van der Waals surface area contributed by atoms with Crippen LogP contribution in [-0.2, 0) is 11.4 Å². The van der Waals surface area contributed by atoms with Crippen LogP contribution < -0.4 is 15.5 Å². The summed E-state index contributed by atoms with van der Waals surface area (Å²) < 4.78 is 19.0. The number of hydrogen-bond acceptors (Lipinski definition) is 4. The number of rotatable bonds is 9. The molecule has 0 aliphatic heterocycles. The number of carbonyl (C=O) groups excluding carboxylic acids is 2. The van der Waals surface area contributed by atoms with E-state index in [1.165, 1.54) is 30.5 Å². The van der Waals surface area contributed by atoms with Gasteiger partial charge in [-0.25, -0.2) is 9.82 Å². The molecule has 33 heavy (non-hydrogen) atoms. The van der Waals surface area contributed by atoms with E-state index in [-0.39, 0.29) is 11.5 Å². The fraction of sp³-hybridized carbons (Fsp3) is 0.192. The maximum atomic E-state index is 13.1. The molecule has 0 radical (unpaired) electrons. The highest BCUT2D eigenvalue weighted by Gasteiger charge is 2.24. The summed E-state index contributed by atoms with van der Waals surface area (Å²) >= 11 is 0. The molecule has 0 spiro atoms. The highest BCUT2D eigenvalue weighted by atomic mass is 19.1. The molecule has 0 aliphatic rings. The van der Waals surface area contributed by atoms with Gasteiger partial charge in [0.1, 0.15) is 24.2 Å². The SMILES string of the molecule is CC(C)C(NC(=O)c1ccc(F)cc1)C(=O)N/N=C/c1ccccc1OCc1ccccc1. The molecule has 0 aromatic heterocycles. The van der Waals surface area contributed by atoms with Crippen molar-refractivity contribution in [2.24, 2.45) is 11.0 Å². The zero-order chi connectivity index (χ0) is 23.6. The maximum Gasteiger partial charge on any atom is 0.262 e. The Labute approximate surface area is 192 Å². The first-order valence-electron chi connectivity index (χ1n) is 10.6. The quantitative estimate of drug-likeness (QED) is 0.379. The van der Waals surface area contributed by atoms with Gasteiger partial charge < -0.3 is 10.1 Å². The van der Waals surface area contributed by atoms with Crippen molar-refractivity contribution in [3.63, 3.8) is 0 Å². The van der Waals surface area contributed by atoms with E-state index >= 15 is 0 Å². The molecule has 3 aromatic rings. The minimum atomic E-state index is -0.815. The van der Waals surface area contributed by atoms with Gasteiger partial charge in [-0.3, -0.25) is 9.59 Å². The number of amides is 2. The monoisotopic (exact) mass is 447 g/mol. The molecule has 2 amide bonds. The zero-order valence-electron chi connectivity index (χ0n) is 18.5. The van der Waals surface area contributed by atoms with Gasteiger partial charge in [0.2, 0.25) is 0 Å². The number of ether oxygens (including phenoxy) is 1. The largest absolute Gasteiger partial charge is 0.488 e. The topological polar surface area (TPSA) is 79.8 Å². The zero-order valence-corrected chi connectivity index (χ0v) is 18.5. The summed E-state index contributed by atoms with van der Waals surface area (Å²) in [5, 5.41) is 6.73. The van der Waals surface area contributed by atoms with Crippen LogP contribution >= 0.6 is 0 Å². The van der Waals surface area contributed by atoms with Gasteiger partial charge in [0.05, 0.1) is 6.21 Å². The van der Waals surface area contributed by atoms with Gasteiger partial charge >= 0.3 is 0 Å². The molecule has 0 aliphatic carbocycles. The number of benzene rings is 3. The Morgan fingerprint density at radius 2 is 1.64 bits per heavy atom. The van der Waals surface area contributed by atoms with Crippen molar-refractivity contribution in [3.05, 3.63) is 101 Å². The molecule has 0 saturated heterocycles. The van der Waals surface area contributed by atoms with Crippen LogP contribution in [0.25, 0.3) is 0 Å². The summed E-state index contributed by atoms with van der Waals surface area (Å²) in [4.78, 5) is 25.1. The molecule has 0 bridgehead atoms. The highest BCUT2D eigenvalue weighted by molar-refractivity contribution is 5.97. The summed E-state index contributed by atoms with van der Waals surface area (Å²) in [6.07, 6.45) is 1.50. The van der Waals surface area contributed by atoms with E-state index < -0.39 is 23.7 Å². The average Bonchev–Trinajstić information content (AvgIpc) is 2.82. The first-order valence-corrected chi connectivity index (χ1v) is 10.6. The lowest BCUT2D eigenvalue weighted by molar-refractivity contribution is -0.123. The minimum Gasteiger partial charge on any atom is -0.488 e. The molecule has 0 saturated carbocycles. The van der Waals surface area contributed by atoms with Crippen molar-refractivity contribution in [3.8, 4) is 5.75 Å². The third kappa shape index (κ3) is 7.00. The third-order valence-corrected chi connectivity index (χ3v) is 4.88. The Morgan fingerprint density at radius 1 is 0.970 bits per heavy atom. The molecular weight excluding hydrogens is 421 g/mol. The Morgan fingerprint density at radius 3 is 2.33 bits per heavy atom. The van der Waals surface area contributed by atoms with Gasteiger partial charge in [0.15, 0.2) is 0 Å². The van der Waals surface area contributed by atoms with Crippen molar-refractivity contribution >= 4 is 18.0 Å². The molecule has 1 unspecified atom stereocenters. The second-order valence-electron chi connectivity index (χ2n) is 7.75. The van der Waals surface area contributed by atoms with Crippen LogP contribution in [0, 0.1) is 11.7 Å². The predicted molar refractivity (Wildman–Crippen MR) is 125 cm³/mol. The lowest BCUT2D eigenvalue weighted by atomic mass is 10.0. The van der Waals surface area contributed by atoms with Crippen LogP contribution in [-0.4, -0.2) is 24.1 Å². The fourth-order valence-electron chi connectivity index (χ4n) is 3.05. The lowest BCUT2D eigenvalue weighted by Crippen LogP contribution is -2.48. The molecule has 170 valence electrons. The van der Waals surface area contributed by atoms with Gasteiger partial charge in [0, 0.05) is 11.1 Å². The van der Waals surface area contributed by atoms with E-state index in [4.69, 9.17) is 4.74 Å². The number of nitrogens with one attached hydrogen (secondary N) is 2. The predicted octanol–water partition coefficient (Wildman–Crippen LogP) is 4.31. The van der Waals surface area contributed by atoms with Gasteiger partial charge in [0.25, 0.3) is 11.8 Å². The second-order valence-corrected chi connectivity index (χ2v) is 7.75. The number of halogens is 1. The summed E-state index contributed by atoms with van der Waals surface area (Å²) in [5.41, 5.74) is 4.48. The molecule has 0 heterocycles. The number of nitrogens with zero attached hydrogens (tertiary/aromatic N) is 1. The minimum absolute atomic E-state index is 0.189. The summed E-state index contributed by atoms with van der Waals surface area (Å²) in [6.45, 7) is 4.03. The fourth-order valence-corrected chi connectivity index (χ4v) is 3.05. The third-order valence-electron chi connectivity index (χ3n) is 4.88. The normalized spacial score (nSPS) is 11.9. The summed E-state index contributed by atoms with van der Waals surface area (Å²) in [7, 11) is 0. The van der Waals surface area contributed by atoms with Gasteiger partial charge in [-0.05, 0) is 47.9 Å². The Kier molecular flexibility index (Phi) is 8.30. The molecule has 3 aromatic carbocycles. The first kappa shape index (κ1) is 23.7. The number of hydrogen-bond donors (Lipinski definition) is 2. The van der Waals surface area contributed by atoms with Crippen LogP contribution in [0.5, 0.6) is 5.75 Å². The molecule has 6 nitrogen and oxygen atoms in total. The Hall–Kier alpha value is -4.00. The lowest BCUT2D eigenvalue weighted by Gasteiger charge is -2.20. The molecule has 3 rings (SSSR count). The summed E-state index contributed by atoms with van der Waals surface area (Å²) in [6, 6.07) is 21.4. The van der Waals surface area contributed by atoms with E-state index in [9.17, 15) is 14.0 Å².